The molecule has 2 aromatic heterocycles. The monoisotopic (exact) mass is 411 g/mol. The maximum atomic E-state index is 12.8. The Labute approximate surface area is 186 Å². The molecule has 1 unspecified atom stereocenters. The first-order valence-electron chi connectivity index (χ1n) is 9.94. The summed E-state index contributed by atoms with van der Waals surface area (Å²) in [6.45, 7) is -3.03. The molecule has 0 saturated heterocycles. The second-order valence-electron chi connectivity index (χ2n) is 4.81. The van der Waals surface area contributed by atoms with E-state index in [0.717, 1.165) is 12.3 Å². The zero-order valence-electron chi connectivity index (χ0n) is 19.8. The van der Waals surface area contributed by atoms with Gasteiger partial charge in [0, 0.05) is 17.4 Å². The summed E-state index contributed by atoms with van der Waals surface area (Å²) >= 11 is 0. The molecule has 138 valence electrons. The minimum atomic E-state index is -3.03. The zero-order chi connectivity index (χ0) is 23.7. The number of hydrogen-bond donors (Lipinski definition) is 0. The molecule has 0 spiro atoms. The summed E-state index contributed by atoms with van der Waals surface area (Å²) < 4.78 is 95.1. The fraction of sp³-hybridized carbons (Fsp3) is 0.250. The molecule has 0 radical (unpaired) electrons. The van der Waals surface area contributed by atoms with E-state index in [0.29, 0.717) is 0 Å². The number of methoxy groups -OCH3 is 2. The number of aromatic nitrogens is 3. The minimum Gasteiger partial charge on any atom is -0.493 e. The molecule has 7 nitrogen and oxygen atoms in total. The molecular formula is C16H14F2N3NaO4S. The molecule has 0 aliphatic carbocycles. The van der Waals surface area contributed by atoms with Gasteiger partial charge in [0.05, 0.1) is 44.5 Å². The van der Waals surface area contributed by atoms with Crippen molar-refractivity contribution in [3.05, 3.63) is 36.2 Å². The summed E-state index contributed by atoms with van der Waals surface area (Å²) in [4.78, 5) is 12.0. The molecule has 0 bridgehead atoms. The number of hydrogen-bond acceptors (Lipinski definition) is 6. The maximum Gasteiger partial charge on any atom is 1.00 e. The van der Waals surface area contributed by atoms with Crippen molar-refractivity contribution in [3.8, 4) is 17.2 Å². The van der Waals surface area contributed by atoms with Crippen molar-refractivity contribution in [2.45, 2.75) is 17.5 Å². The molecule has 1 aromatic carbocycles. The van der Waals surface area contributed by atoms with E-state index in [4.69, 9.17) is 17.7 Å². The summed E-state index contributed by atoms with van der Waals surface area (Å²) in [5.41, 5.74) is 0.246. The maximum absolute atomic E-state index is 12.8. The first kappa shape index (κ1) is 14.3. The zero-order valence-corrected chi connectivity index (χ0v) is 16.6. The molecule has 0 aliphatic heterocycles. The van der Waals surface area contributed by atoms with Crippen LogP contribution < -0.4 is 48.8 Å². The summed E-state index contributed by atoms with van der Waals surface area (Å²) in [7, 11) is -7.87. The van der Waals surface area contributed by atoms with Crippen molar-refractivity contribution < 1.29 is 65.0 Å². The molecule has 0 aliphatic rings. The van der Waals surface area contributed by atoms with Crippen molar-refractivity contribution in [2.75, 3.05) is 14.1 Å². The van der Waals surface area contributed by atoms with Gasteiger partial charge in [-0.05, 0) is 23.2 Å². The van der Waals surface area contributed by atoms with Crippen molar-refractivity contribution in [2.24, 2.45) is 0 Å². The van der Waals surface area contributed by atoms with Crippen molar-refractivity contribution in [3.63, 3.8) is 0 Å². The first-order chi connectivity index (χ1) is 14.8. The van der Waals surface area contributed by atoms with Crippen LogP contribution in [-0.4, -0.2) is 34.9 Å². The fourth-order valence-corrected chi connectivity index (χ4v) is 3.13. The van der Waals surface area contributed by atoms with Crippen molar-refractivity contribution in [1.82, 2.24) is 15.0 Å². The van der Waals surface area contributed by atoms with Crippen LogP contribution in [0.3, 0.4) is 0 Å². The molecule has 11 heteroatoms. The second kappa shape index (κ2) is 9.45. The van der Waals surface area contributed by atoms with Gasteiger partial charge in [-0.2, -0.15) is 8.78 Å². The van der Waals surface area contributed by atoms with Gasteiger partial charge in [-0.1, -0.05) is 6.07 Å². The van der Waals surface area contributed by atoms with Crippen LogP contribution in [0.2, 0.25) is 0 Å². The number of benzene rings is 1. The number of alkyl halides is 2. The molecule has 0 saturated carbocycles. The summed E-state index contributed by atoms with van der Waals surface area (Å²) in [5.74, 6) is -1.54. The molecular weight excluding hydrogens is 391 g/mol. The van der Waals surface area contributed by atoms with E-state index in [-0.39, 0.29) is 57.2 Å². The summed E-state index contributed by atoms with van der Waals surface area (Å²) in [6.07, 6.45) is 1.14. The average Bonchev–Trinajstić information content (AvgIpc) is 3.05. The van der Waals surface area contributed by atoms with Crippen LogP contribution in [0.4, 0.5) is 8.78 Å². The Bertz CT molecular complexity index is 1150. The normalized spacial score (nSPS) is 16.1. The van der Waals surface area contributed by atoms with Crippen LogP contribution in [0, 0.1) is 0 Å². The van der Waals surface area contributed by atoms with E-state index in [2.05, 4.69) is 19.7 Å². The van der Waals surface area contributed by atoms with E-state index >= 15 is 0 Å². The van der Waals surface area contributed by atoms with Gasteiger partial charge in [0.2, 0.25) is 0 Å². The molecule has 1 atom stereocenters. The Morgan fingerprint density at radius 1 is 1.30 bits per heavy atom. The van der Waals surface area contributed by atoms with Crippen LogP contribution in [0.15, 0.2) is 35.6 Å². The van der Waals surface area contributed by atoms with Gasteiger partial charge in [0.1, 0.15) is 5.75 Å². The average molecular weight is 411 g/mol. The summed E-state index contributed by atoms with van der Waals surface area (Å²) in [5, 5.41) is -0.182. The van der Waals surface area contributed by atoms with E-state index in [1.807, 2.05) is 0 Å². The van der Waals surface area contributed by atoms with Crippen LogP contribution in [-0.2, 0) is 16.6 Å². The topological polar surface area (TPSA) is 84.6 Å². The van der Waals surface area contributed by atoms with Crippen molar-refractivity contribution in [1.29, 1.82) is 0 Å². The number of nitrogens with zero attached hydrogens (tertiary/aromatic N) is 3. The van der Waals surface area contributed by atoms with Gasteiger partial charge in [0.25, 0.3) is 0 Å². The molecule has 0 N–H and O–H groups in total. The van der Waals surface area contributed by atoms with Crippen LogP contribution >= 0.6 is 0 Å². The van der Waals surface area contributed by atoms with E-state index < -0.39 is 48.7 Å². The Balaban J connectivity index is 0.00000385. The first-order valence-corrected chi connectivity index (χ1v) is 8.26. The molecule has 27 heavy (non-hydrogen) atoms. The Morgan fingerprint density at radius 2 is 2.11 bits per heavy atom. The third-order valence-corrected chi connectivity index (χ3v) is 4.36. The summed E-state index contributed by atoms with van der Waals surface area (Å²) in [6, 6.07) is 4.89. The van der Waals surface area contributed by atoms with Gasteiger partial charge in [-0.25, -0.2) is 0 Å². The van der Waals surface area contributed by atoms with Gasteiger partial charge in [0.15, 0.2) is 11.5 Å². The van der Waals surface area contributed by atoms with Gasteiger partial charge in [-0.15, -0.1) is 0 Å². The van der Waals surface area contributed by atoms with Gasteiger partial charge < -0.3 is 24.2 Å². The number of halogens is 2. The SMILES string of the molecule is [2H]C([2H])([2H])Oc1ccnc(CS(=O)c2nc3ccc(OC(F)F)cc3[n-]2)c1OC([2H])([2H])[2H].[Na+]. The van der Waals surface area contributed by atoms with Gasteiger partial charge in [-0.3, -0.25) is 9.19 Å². The number of rotatable bonds is 7. The Kier molecular flexibility index (Phi) is 5.00. The third-order valence-electron chi connectivity index (χ3n) is 3.23. The molecule has 0 amide bonds. The van der Waals surface area contributed by atoms with Crippen LogP contribution in [0.1, 0.15) is 13.9 Å². The van der Waals surface area contributed by atoms with Crippen molar-refractivity contribution >= 4 is 21.8 Å². The van der Waals surface area contributed by atoms with Gasteiger partial charge >= 0.3 is 36.2 Å². The number of pyridine rings is 1. The van der Waals surface area contributed by atoms with Crippen LogP contribution in [0.5, 0.6) is 17.2 Å². The fourth-order valence-electron chi connectivity index (χ4n) is 2.15. The Morgan fingerprint density at radius 3 is 2.85 bits per heavy atom. The third kappa shape index (κ3) is 4.95. The Hall–Kier alpha value is -1.75. The number of ether oxygens (including phenoxy) is 3. The van der Waals surface area contributed by atoms with Crippen LogP contribution in [0.25, 0.3) is 11.0 Å². The number of imidazole rings is 1. The standard InChI is InChI=1S/C16H14F2N3O4S.Na/c1-23-13-5-6-19-12(14(13)24-2)8-26(22)16-20-10-4-3-9(25-15(17)18)7-11(10)21-16;/h3-7,15H,8H2,1-2H3;/q-1;+1/i1D3,2D3;. The van der Waals surface area contributed by atoms with E-state index in [1.54, 1.807) is 0 Å². The molecule has 3 rings (SSSR count). The molecule has 3 aromatic rings. The van der Waals surface area contributed by atoms with E-state index in [9.17, 15) is 13.0 Å². The molecule has 2 heterocycles. The minimum absolute atomic E-state index is 0. The largest absolute Gasteiger partial charge is 1.00 e. The number of fused-ring (bicyclic) bond motifs is 1. The predicted molar refractivity (Wildman–Crippen MR) is 89.1 cm³/mol. The molecule has 0 fully saturated rings. The smallest absolute Gasteiger partial charge is 0.493 e. The quantitative estimate of drug-likeness (QED) is 0.486. The second-order valence-corrected chi connectivity index (χ2v) is 6.16. The predicted octanol–water partition coefficient (Wildman–Crippen LogP) is -0.483. The van der Waals surface area contributed by atoms with E-state index in [1.165, 1.54) is 18.2 Å².